The molecule has 1 aromatic carbocycles. The summed E-state index contributed by atoms with van der Waals surface area (Å²) in [5, 5.41) is 6.54. The maximum Gasteiger partial charge on any atom is 0.290 e. The Labute approximate surface area is 113 Å². The zero-order chi connectivity index (χ0) is 13.1. The number of aryl methyl sites for hydroxylation is 1. The van der Waals surface area contributed by atoms with Gasteiger partial charge in [-0.3, -0.25) is 4.79 Å². The fraction of sp³-hybridized carbons (Fsp3) is 0.231. The van der Waals surface area contributed by atoms with Crippen LogP contribution in [0.2, 0.25) is 0 Å². The normalized spacial score (nSPS) is 12.2. The van der Waals surface area contributed by atoms with Gasteiger partial charge in [0.2, 0.25) is 5.76 Å². The second kappa shape index (κ2) is 5.35. The van der Waals surface area contributed by atoms with Gasteiger partial charge in [0.25, 0.3) is 5.91 Å². The summed E-state index contributed by atoms with van der Waals surface area (Å²) in [5.74, 6) is -0.0255. The zero-order valence-electron chi connectivity index (χ0n) is 10.1. The van der Waals surface area contributed by atoms with Crippen LogP contribution in [-0.4, -0.2) is 11.1 Å². The average Bonchev–Trinajstić information content (AvgIpc) is 2.76. The van der Waals surface area contributed by atoms with Crippen molar-refractivity contribution in [2.45, 2.75) is 19.9 Å². The van der Waals surface area contributed by atoms with Crippen molar-refractivity contribution < 1.29 is 9.32 Å². The molecular weight excluding hydrogens is 296 g/mol. The Bertz CT molecular complexity index is 548. The van der Waals surface area contributed by atoms with Crippen molar-refractivity contribution in [3.05, 3.63) is 51.8 Å². The van der Waals surface area contributed by atoms with Gasteiger partial charge in [0.05, 0.1) is 11.7 Å². The van der Waals surface area contributed by atoms with Crippen molar-refractivity contribution in [1.82, 2.24) is 10.5 Å². The first-order chi connectivity index (χ1) is 8.56. The van der Waals surface area contributed by atoms with Crippen LogP contribution in [0.5, 0.6) is 0 Å². The minimum absolute atomic E-state index is 0.0870. The van der Waals surface area contributed by atoms with Crippen molar-refractivity contribution in [2.75, 3.05) is 0 Å². The minimum Gasteiger partial charge on any atom is -0.351 e. The van der Waals surface area contributed by atoms with Crippen molar-refractivity contribution >= 4 is 21.8 Å². The van der Waals surface area contributed by atoms with Gasteiger partial charge in [0.15, 0.2) is 0 Å². The molecule has 5 heteroatoms. The van der Waals surface area contributed by atoms with Crippen LogP contribution in [0, 0.1) is 6.92 Å². The number of carbonyl (C=O) groups excluding carboxylic acids is 1. The van der Waals surface area contributed by atoms with Crippen LogP contribution in [0.15, 0.2) is 39.3 Å². The van der Waals surface area contributed by atoms with Crippen LogP contribution < -0.4 is 5.32 Å². The van der Waals surface area contributed by atoms with E-state index in [0.29, 0.717) is 5.69 Å². The molecule has 0 fully saturated rings. The number of hydrogen-bond donors (Lipinski definition) is 1. The van der Waals surface area contributed by atoms with E-state index < -0.39 is 0 Å². The van der Waals surface area contributed by atoms with Gasteiger partial charge < -0.3 is 9.84 Å². The summed E-state index contributed by atoms with van der Waals surface area (Å²) < 4.78 is 5.92. The monoisotopic (exact) mass is 308 g/mol. The Morgan fingerprint density at radius 3 is 2.61 bits per heavy atom. The van der Waals surface area contributed by atoms with E-state index in [1.54, 1.807) is 13.0 Å². The van der Waals surface area contributed by atoms with Crippen molar-refractivity contribution in [1.29, 1.82) is 0 Å². The van der Waals surface area contributed by atoms with E-state index in [2.05, 4.69) is 26.4 Å². The van der Waals surface area contributed by atoms with Gasteiger partial charge in [-0.25, -0.2) is 0 Å². The summed E-state index contributed by atoms with van der Waals surface area (Å²) in [6.45, 7) is 3.70. The minimum atomic E-state index is -0.258. The molecule has 1 unspecified atom stereocenters. The number of halogens is 1. The number of rotatable bonds is 3. The standard InChI is InChI=1S/C13H13BrN2O2/c1-8-7-12(18-16-8)13(17)15-9(2)10-3-5-11(14)6-4-10/h3-7,9H,1-2H3,(H,15,17). The second-order valence-corrected chi connectivity index (χ2v) is 4.99. The SMILES string of the molecule is Cc1cc(C(=O)NC(C)c2ccc(Br)cc2)on1. The number of benzene rings is 1. The van der Waals surface area contributed by atoms with E-state index in [4.69, 9.17) is 4.52 Å². The molecule has 0 aliphatic rings. The first-order valence-electron chi connectivity index (χ1n) is 5.56. The highest BCUT2D eigenvalue weighted by Gasteiger charge is 2.15. The van der Waals surface area contributed by atoms with Crippen molar-refractivity contribution in [2.24, 2.45) is 0 Å². The fourth-order valence-electron chi connectivity index (χ4n) is 1.57. The number of amides is 1. The summed E-state index contributed by atoms with van der Waals surface area (Å²) in [5.41, 5.74) is 1.72. The van der Waals surface area contributed by atoms with Gasteiger partial charge in [0, 0.05) is 10.5 Å². The number of carbonyl (C=O) groups is 1. The lowest BCUT2D eigenvalue weighted by molar-refractivity contribution is 0.0902. The third-order valence-corrected chi connectivity index (χ3v) is 3.10. The van der Waals surface area contributed by atoms with Crippen molar-refractivity contribution in [3.63, 3.8) is 0 Å². The van der Waals surface area contributed by atoms with Gasteiger partial charge in [-0.05, 0) is 31.5 Å². The van der Waals surface area contributed by atoms with E-state index in [-0.39, 0.29) is 17.7 Å². The maximum absolute atomic E-state index is 11.9. The fourth-order valence-corrected chi connectivity index (χ4v) is 1.84. The predicted molar refractivity (Wildman–Crippen MR) is 71.3 cm³/mol. The molecule has 0 radical (unpaired) electrons. The Morgan fingerprint density at radius 2 is 2.06 bits per heavy atom. The molecule has 94 valence electrons. The molecular formula is C13H13BrN2O2. The summed E-state index contributed by atoms with van der Waals surface area (Å²) in [7, 11) is 0. The van der Waals surface area contributed by atoms with Gasteiger partial charge in [-0.1, -0.05) is 33.2 Å². The molecule has 1 atom stereocenters. The highest BCUT2D eigenvalue weighted by molar-refractivity contribution is 9.10. The van der Waals surface area contributed by atoms with E-state index in [0.717, 1.165) is 10.0 Å². The number of aromatic nitrogens is 1. The number of hydrogen-bond acceptors (Lipinski definition) is 3. The molecule has 0 saturated heterocycles. The van der Waals surface area contributed by atoms with Gasteiger partial charge >= 0.3 is 0 Å². The molecule has 0 aliphatic carbocycles. The van der Waals surface area contributed by atoms with Gasteiger partial charge in [-0.2, -0.15) is 0 Å². The average molecular weight is 309 g/mol. The second-order valence-electron chi connectivity index (χ2n) is 4.08. The first kappa shape index (κ1) is 12.8. The number of nitrogens with one attached hydrogen (secondary N) is 1. The zero-order valence-corrected chi connectivity index (χ0v) is 11.7. The molecule has 1 N–H and O–H groups in total. The molecule has 0 aliphatic heterocycles. The van der Waals surface area contributed by atoms with E-state index in [9.17, 15) is 4.79 Å². The van der Waals surface area contributed by atoms with E-state index in [1.165, 1.54) is 0 Å². The summed E-state index contributed by atoms with van der Waals surface area (Å²) in [6, 6.07) is 9.33. The lowest BCUT2D eigenvalue weighted by Gasteiger charge is -2.13. The van der Waals surface area contributed by atoms with Crippen LogP contribution in [-0.2, 0) is 0 Å². The summed E-state index contributed by atoms with van der Waals surface area (Å²) >= 11 is 3.37. The van der Waals surface area contributed by atoms with Crippen LogP contribution in [0.3, 0.4) is 0 Å². The molecule has 1 amide bonds. The Morgan fingerprint density at radius 1 is 1.39 bits per heavy atom. The van der Waals surface area contributed by atoms with Crippen LogP contribution >= 0.6 is 15.9 Å². The Balaban J connectivity index is 2.05. The summed E-state index contributed by atoms with van der Waals surface area (Å²) in [6.07, 6.45) is 0. The largest absolute Gasteiger partial charge is 0.351 e. The first-order valence-corrected chi connectivity index (χ1v) is 6.35. The smallest absolute Gasteiger partial charge is 0.290 e. The topological polar surface area (TPSA) is 55.1 Å². The lowest BCUT2D eigenvalue weighted by atomic mass is 10.1. The maximum atomic E-state index is 11.9. The molecule has 2 rings (SSSR count). The van der Waals surface area contributed by atoms with Crippen LogP contribution in [0.25, 0.3) is 0 Å². The molecule has 0 spiro atoms. The Hall–Kier alpha value is -1.62. The van der Waals surface area contributed by atoms with E-state index in [1.807, 2.05) is 31.2 Å². The highest BCUT2D eigenvalue weighted by atomic mass is 79.9. The van der Waals surface area contributed by atoms with Gasteiger partial charge in [0.1, 0.15) is 0 Å². The molecule has 2 aromatic rings. The molecule has 1 aromatic heterocycles. The number of nitrogens with zero attached hydrogens (tertiary/aromatic N) is 1. The Kier molecular flexibility index (Phi) is 3.81. The predicted octanol–water partition coefficient (Wildman–Crippen LogP) is 3.24. The third-order valence-electron chi connectivity index (χ3n) is 2.57. The lowest BCUT2D eigenvalue weighted by Crippen LogP contribution is -2.26. The molecule has 0 bridgehead atoms. The van der Waals surface area contributed by atoms with E-state index >= 15 is 0 Å². The van der Waals surface area contributed by atoms with Crippen molar-refractivity contribution in [3.8, 4) is 0 Å². The highest BCUT2D eigenvalue weighted by Crippen LogP contribution is 2.17. The van der Waals surface area contributed by atoms with Crippen LogP contribution in [0.4, 0.5) is 0 Å². The molecule has 4 nitrogen and oxygen atoms in total. The molecule has 0 saturated carbocycles. The van der Waals surface area contributed by atoms with Crippen LogP contribution in [0.1, 0.15) is 34.8 Å². The molecule has 18 heavy (non-hydrogen) atoms. The third kappa shape index (κ3) is 2.98. The van der Waals surface area contributed by atoms with Gasteiger partial charge in [-0.15, -0.1) is 0 Å². The quantitative estimate of drug-likeness (QED) is 0.947. The summed E-state index contributed by atoms with van der Waals surface area (Å²) in [4.78, 5) is 11.9. The molecule has 1 heterocycles.